The van der Waals surface area contributed by atoms with E-state index in [9.17, 15) is 4.79 Å². The first-order chi connectivity index (χ1) is 8.74. The van der Waals surface area contributed by atoms with Gasteiger partial charge in [-0.05, 0) is 19.3 Å². The van der Waals surface area contributed by atoms with Crippen LogP contribution in [0.4, 0.5) is 0 Å². The molecule has 5 heteroatoms. The van der Waals surface area contributed by atoms with Crippen LogP contribution < -0.4 is 0 Å². The van der Waals surface area contributed by atoms with Gasteiger partial charge in [-0.1, -0.05) is 44.2 Å². The first-order valence-electron chi connectivity index (χ1n) is 6.91. The van der Waals surface area contributed by atoms with E-state index in [0.29, 0.717) is 6.04 Å². The lowest BCUT2D eigenvalue weighted by Crippen LogP contribution is -2.14. The monoisotopic (exact) mass is 251 g/mol. The van der Waals surface area contributed by atoms with E-state index in [4.69, 9.17) is 5.11 Å². The average molecular weight is 251 g/mol. The Kier molecular flexibility index (Phi) is 4.33. The SMILES string of the molecule is CCCc1c(C(=O)O)nnn1C1CCCCCC1. The summed E-state index contributed by atoms with van der Waals surface area (Å²) in [6.07, 6.45) is 8.82. The third-order valence-electron chi connectivity index (χ3n) is 3.65. The van der Waals surface area contributed by atoms with Crippen molar-refractivity contribution < 1.29 is 9.90 Å². The van der Waals surface area contributed by atoms with Gasteiger partial charge in [0.25, 0.3) is 0 Å². The van der Waals surface area contributed by atoms with Crippen molar-refractivity contribution in [1.82, 2.24) is 15.0 Å². The fourth-order valence-corrected chi connectivity index (χ4v) is 2.74. The zero-order chi connectivity index (χ0) is 13.0. The quantitative estimate of drug-likeness (QED) is 0.835. The fourth-order valence-electron chi connectivity index (χ4n) is 2.74. The van der Waals surface area contributed by atoms with Crippen molar-refractivity contribution in [3.63, 3.8) is 0 Å². The van der Waals surface area contributed by atoms with Crippen molar-refractivity contribution in [2.24, 2.45) is 0 Å². The summed E-state index contributed by atoms with van der Waals surface area (Å²) in [6, 6.07) is 0.342. The number of carboxylic acid groups (broad SMARTS) is 1. The molecule has 1 N–H and O–H groups in total. The lowest BCUT2D eigenvalue weighted by Gasteiger charge is -2.16. The molecule has 0 saturated heterocycles. The molecule has 18 heavy (non-hydrogen) atoms. The molecule has 0 aliphatic heterocycles. The van der Waals surface area contributed by atoms with E-state index in [1.165, 1.54) is 25.7 Å². The van der Waals surface area contributed by atoms with Gasteiger partial charge in [0.05, 0.1) is 11.7 Å². The summed E-state index contributed by atoms with van der Waals surface area (Å²) >= 11 is 0. The number of aromatic carboxylic acids is 1. The smallest absolute Gasteiger partial charge is 0.358 e. The molecule has 5 nitrogen and oxygen atoms in total. The predicted octanol–water partition coefficient (Wildman–Crippen LogP) is 2.82. The van der Waals surface area contributed by atoms with Gasteiger partial charge < -0.3 is 5.11 Å². The second-order valence-corrected chi connectivity index (χ2v) is 5.03. The molecule has 1 aromatic heterocycles. The molecule has 0 atom stereocenters. The summed E-state index contributed by atoms with van der Waals surface area (Å²) in [5.41, 5.74) is 0.943. The Morgan fingerprint density at radius 3 is 2.56 bits per heavy atom. The summed E-state index contributed by atoms with van der Waals surface area (Å²) < 4.78 is 1.89. The van der Waals surface area contributed by atoms with E-state index >= 15 is 0 Å². The second kappa shape index (κ2) is 5.98. The number of rotatable bonds is 4. The van der Waals surface area contributed by atoms with Gasteiger partial charge in [-0.25, -0.2) is 9.48 Å². The summed E-state index contributed by atoms with van der Waals surface area (Å²) in [5.74, 6) is -0.960. The molecule has 1 aliphatic rings. The minimum atomic E-state index is -0.960. The average Bonchev–Trinajstić information content (AvgIpc) is 2.59. The Morgan fingerprint density at radius 1 is 1.33 bits per heavy atom. The second-order valence-electron chi connectivity index (χ2n) is 5.03. The van der Waals surface area contributed by atoms with Gasteiger partial charge in [0, 0.05) is 0 Å². The molecular formula is C13H21N3O2. The molecule has 1 saturated carbocycles. The lowest BCUT2D eigenvalue weighted by molar-refractivity contribution is 0.0689. The first-order valence-corrected chi connectivity index (χ1v) is 6.91. The maximum Gasteiger partial charge on any atom is 0.358 e. The highest BCUT2D eigenvalue weighted by molar-refractivity contribution is 5.86. The normalized spacial score (nSPS) is 17.6. The van der Waals surface area contributed by atoms with Crippen LogP contribution in [0, 0.1) is 0 Å². The molecule has 0 unspecified atom stereocenters. The highest BCUT2D eigenvalue weighted by Crippen LogP contribution is 2.28. The highest BCUT2D eigenvalue weighted by atomic mass is 16.4. The maximum absolute atomic E-state index is 11.1. The molecule has 1 heterocycles. The number of aromatic nitrogens is 3. The van der Waals surface area contributed by atoms with Crippen molar-refractivity contribution in [2.75, 3.05) is 0 Å². The summed E-state index contributed by atoms with van der Waals surface area (Å²) in [7, 11) is 0. The van der Waals surface area contributed by atoms with Gasteiger partial charge in [0.2, 0.25) is 0 Å². The van der Waals surface area contributed by atoms with Crippen LogP contribution in [0.3, 0.4) is 0 Å². The lowest BCUT2D eigenvalue weighted by atomic mass is 10.1. The summed E-state index contributed by atoms with van der Waals surface area (Å²) in [5, 5.41) is 17.1. The molecule has 100 valence electrons. The number of hydrogen-bond donors (Lipinski definition) is 1. The van der Waals surface area contributed by atoms with Crippen LogP contribution in [-0.4, -0.2) is 26.1 Å². The molecule has 0 radical (unpaired) electrons. The van der Waals surface area contributed by atoms with Crippen molar-refractivity contribution in [3.8, 4) is 0 Å². The van der Waals surface area contributed by atoms with E-state index in [2.05, 4.69) is 17.2 Å². The van der Waals surface area contributed by atoms with Crippen molar-refractivity contribution in [2.45, 2.75) is 64.3 Å². The zero-order valence-corrected chi connectivity index (χ0v) is 10.9. The largest absolute Gasteiger partial charge is 0.476 e. The summed E-state index contributed by atoms with van der Waals surface area (Å²) in [6.45, 7) is 2.05. The van der Waals surface area contributed by atoms with Gasteiger partial charge in [0.15, 0.2) is 5.69 Å². The van der Waals surface area contributed by atoms with E-state index in [0.717, 1.165) is 31.4 Å². The molecule has 1 fully saturated rings. The minimum Gasteiger partial charge on any atom is -0.476 e. The molecule has 0 aromatic carbocycles. The van der Waals surface area contributed by atoms with Crippen molar-refractivity contribution >= 4 is 5.97 Å². The van der Waals surface area contributed by atoms with Crippen LogP contribution in [0.15, 0.2) is 0 Å². The fraction of sp³-hybridized carbons (Fsp3) is 0.769. The third-order valence-corrected chi connectivity index (χ3v) is 3.65. The van der Waals surface area contributed by atoms with Gasteiger partial charge >= 0.3 is 5.97 Å². The predicted molar refractivity (Wildman–Crippen MR) is 67.7 cm³/mol. The number of hydrogen-bond acceptors (Lipinski definition) is 3. The first kappa shape index (κ1) is 13.1. The number of carbonyl (C=O) groups is 1. The highest BCUT2D eigenvalue weighted by Gasteiger charge is 2.23. The molecule has 2 rings (SSSR count). The van der Waals surface area contributed by atoms with E-state index in [-0.39, 0.29) is 5.69 Å². The number of carboxylic acids is 1. The van der Waals surface area contributed by atoms with Crippen LogP contribution in [0.1, 0.15) is 74.1 Å². The molecule has 0 amide bonds. The maximum atomic E-state index is 11.1. The van der Waals surface area contributed by atoms with Crippen LogP contribution in [0.5, 0.6) is 0 Å². The topological polar surface area (TPSA) is 68.0 Å². The van der Waals surface area contributed by atoms with Crippen LogP contribution in [0.2, 0.25) is 0 Å². The van der Waals surface area contributed by atoms with Crippen molar-refractivity contribution in [3.05, 3.63) is 11.4 Å². The third kappa shape index (κ3) is 2.71. The Morgan fingerprint density at radius 2 is 2.00 bits per heavy atom. The summed E-state index contributed by atoms with van der Waals surface area (Å²) in [4.78, 5) is 11.1. The van der Waals surface area contributed by atoms with Crippen LogP contribution >= 0.6 is 0 Å². The Balaban J connectivity index is 2.27. The standard InChI is InChI=1S/C13H21N3O2/c1-2-7-11-12(13(17)18)14-15-16(11)10-8-5-3-4-6-9-10/h10H,2-9H2,1H3,(H,17,18). The molecule has 1 aliphatic carbocycles. The van der Waals surface area contributed by atoms with Crippen molar-refractivity contribution in [1.29, 1.82) is 0 Å². The van der Waals surface area contributed by atoms with Gasteiger partial charge in [-0.15, -0.1) is 5.10 Å². The Hall–Kier alpha value is -1.39. The van der Waals surface area contributed by atoms with E-state index < -0.39 is 5.97 Å². The minimum absolute atomic E-state index is 0.140. The van der Waals surface area contributed by atoms with Crippen LogP contribution in [0.25, 0.3) is 0 Å². The Labute approximate surface area is 107 Å². The van der Waals surface area contributed by atoms with E-state index in [1.807, 2.05) is 4.68 Å². The number of nitrogens with zero attached hydrogens (tertiary/aromatic N) is 3. The molecular weight excluding hydrogens is 230 g/mol. The van der Waals surface area contributed by atoms with Gasteiger partial charge in [0.1, 0.15) is 0 Å². The van der Waals surface area contributed by atoms with Crippen LogP contribution in [-0.2, 0) is 6.42 Å². The Bertz CT molecular complexity index is 406. The van der Waals surface area contributed by atoms with E-state index in [1.54, 1.807) is 0 Å². The molecule has 0 bridgehead atoms. The molecule has 0 spiro atoms. The molecule has 1 aromatic rings. The van der Waals surface area contributed by atoms with Gasteiger partial charge in [-0.2, -0.15) is 0 Å². The zero-order valence-electron chi connectivity index (χ0n) is 10.9. The van der Waals surface area contributed by atoms with Gasteiger partial charge in [-0.3, -0.25) is 0 Å².